The molecule has 0 atom stereocenters. The fourth-order valence-corrected chi connectivity index (χ4v) is 2.07. The second-order valence-corrected chi connectivity index (χ2v) is 4.48. The Labute approximate surface area is 124 Å². The number of nitrogens with one attached hydrogen (secondary N) is 1. The predicted molar refractivity (Wildman–Crippen MR) is 80.9 cm³/mol. The van der Waals surface area contributed by atoms with E-state index in [0.29, 0.717) is 18.0 Å². The van der Waals surface area contributed by atoms with E-state index in [1.54, 1.807) is 33.7 Å². The van der Waals surface area contributed by atoms with Crippen molar-refractivity contribution < 1.29 is 14.2 Å². The zero-order chi connectivity index (χ0) is 15.1. The molecule has 1 aromatic carbocycles. The first-order valence-electron chi connectivity index (χ1n) is 6.67. The number of ether oxygens (including phenoxy) is 3. The molecular weight excluding hydrogens is 268 g/mol. The molecule has 1 N–H and O–H groups in total. The summed E-state index contributed by atoms with van der Waals surface area (Å²) in [5, 5.41) is 3.38. The topological polar surface area (TPSA) is 52.6 Å². The van der Waals surface area contributed by atoms with Gasteiger partial charge in [0.25, 0.3) is 0 Å². The standard InChI is InChI=1S/C16H20N2O3/c1-19-14-9-16(21-3)15(20-2)8-13(14)11-18-10-12-4-6-17-7-5-12/h4-9,18H,10-11H2,1-3H3. The average Bonchev–Trinajstić information content (AvgIpc) is 2.55. The maximum Gasteiger partial charge on any atom is 0.164 e. The summed E-state index contributed by atoms with van der Waals surface area (Å²) in [6.07, 6.45) is 3.57. The van der Waals surface area contributed by atoms with Gasteiger partial charge in [-0.05, 0) is 23.8 Å². The normalized spacial score (nSPS) is 10.2. The van der Waals surface area contributed by atoms with Crippen LogP contribution in [-0.4, -0.2) is 26.3 Å². The van der Waals surface area contributed by atoms with Crippen molar-refractivity contribution in [2.45, 2.75) is 13.1 Å². The highest BCUT2D eigenvalue weighted by atomic mass is 16.5. The zero-order valence-corrected chi connectivity index (χ0v) is 12.6. The predicted octanol–water partition coefficient (Wildman–Crippen LogP) is 2.40. The van der Waals surface area contributed by atoms with Crippen LogP contribution in [0.15, 0.2) is 36.7 Å². The minimum absolute atomic E-state index is 0.659. The SMILES string of the molecule is COc1cc(OC)c(OC)cc1CNCc1ccncc1. The molecule has 5 nitrogen and oxygen atoms in total. The third-order valence-corrected chi connectivity index (χ3v) is 3.18. The monoisotopic (exact) mass is 288 g/mol. The summed E-state index contributed by atoms with van der Waals surface area (Å²) >= 11 is 0. The molecule has 0 saturated heterocycles. The van der Waals surface area contributed by atoms with Gasteiger partial charge in [0, 0.05) is 37.1 Å². The molecule has 2 rings (SSSR count). The number of hydrogen-bond acceptors (Lipinski definition) is 5. The number of benzene rings is 1. The quantitative estimate of drug-likeness (QED) is 0.848. The van der Waals surface area contributed by atoms with E-state index >= 15 is 0 Å². The lowest BCUT2D eigenvalue weighted by molar-refractivity contribution is 0.347. The minimum Gasteiger partial charge on any atom is -0.496 e. The van der Waals surface area contributed by atoms with Gasteiger partial charge >= 0.3 is 0 Å². The van der Waals surface area contributed by atoms with Gasteiger partial charge in [-0.1, -0.05) is 0 Å². The summed E-state index contributed by atoms with van der Waals surface area (Å²) in [5.74, 6) is 2.13. The lowest BCUT2D eigenvalue weighted by Gasteiger charge is -2.14. The molecule has 0 radical (unpaired) electrons. The van der Waals surface area contributed by atoms with Crippen LogP contribution < -0.4 is 19.5 Å². The average molecular weight is 288 g/mol. The highest BCUT2D eigenvalue weighted by molar-refractivity contribution is 5.50. The summed E-state index contributed by atoms with van der Waals surface area (Å²) in [6.45, 7) is 1.44. The zero-order valence-electron chi connectivity index (χ0n) is 12.6. The minimum atomic E-state index is 0.659. The molecule has 0 saturated carbocycles. The number of rotatable bonds is 7. The van der Waals surface area contributed by atoms with Crippen molar-refractivity contribution in [3.05, 3.63) is 47.8 Å². The molecular formula is C16H20N2O3. The molecule has 0 spiro atoms. The van der Waals surface area contributed by atoms with Gasteiger partial charge in [-0.3, -0.25) is 4.98 Å². The van der Waals surface area contributed by atoms with E-state index in [2.05, 4.69) is 10.3 Å². The number of methoxy groups -OCH3 is 3. The molecule has 0 aliphatic heterocycles. The molecule has 1 heterocycles. The first kappa shape index (κ1) is 15.1. The van der Waals surface area contributed by atoms with Gasteiger partial charge in [0.05, 0.1) is 21.3 Å². The molecule has 0 unspecified atom stereocenters. The molecule has 0 amide bonds. The van der Waals surface area contributed by atoms with Crippen LogP contribution in [0.3, 0.4) is 0 Å². The number of hydrogen-bond donors (Lipinski definition) is 1. The lowest BCUT2D eigenvalue weighted by Crippen LogP contribution is -2.13. The van der Waals surface area contributed by atoms with E-state index in [1.807, 2.05) is 24.3 Å². The molecule has 0 fully saturated rings. The summed E-state index contributed by atoms with van der Waals surface area (Å²) in [4.78, 5) is 4.00. The third kappa shape index (κ3) is 3.86. The second-order valence-electron chi connectivity index (χ2n) is 4.48. The maximum atomic E-state index is 5.40. The van der Waals surface area contributed by atoms with Gasteiger partial charge in [-0.15, -0.1) is 0 Å². The van der Waals surface area contributed by atoms with E-state index in [9.17, 15) is 0 Å². The van der Waals surface area contributed by atoms with Crippen molar-refractivity contribution in [3.8, 4) is 17.2 Å². The van der Waals surface area contributed by atoms with Crippen LogP contribution in [0.4, 0.5) is 0 Å². The number of pyridine rings is 1. The highest BCUT2D eigenvalue weighted by Gasteiger charge is 2.11. The van der Waals surface area contributed by atoms with Gasteiger partial charge in [0.2, 0.25) is 0 Å². The Kier molecular flexibility index (Phi) is 5.40. The number of nitrogens with zero attached hydrogens (tertiary/aromatic N) is 1. The van der Waals surface area contributed by atoms with Crippen molar-refractivity contribution in [2.24, 2.45) is 0 Å². The second kappa shape index (κ2) is 7.50. The molecule has 0 bridgehead atoms. The summed E-state index contributed by atoms with van der Waals surface area (Å²) in [5.41, 5.74) is 2.20. The van der Waals surface area contributed by atoms with Crippen LogP contribution in [0.25, 0.3) is 0 Å². The van der Waals surface area contributed by atoms with Gasteiger partial charge in [-0.2, -0.15) is 0 Å². The molecule has 2 aromatic rings. The van der Waals surface area contributed by atoms with E-state index in [4.69, 9.17) is 14.2 Å². The van der Waals surface area contributed by atoms with E-state index < -0.39 is 0 Å². The largest absolute Gasteiger partial charge is 0.496 e. The van der Waals surface area contributed by atoms with Crippen molar-refractivity contribution in [1.82, 2.24) is 10.3 Å². The van der Waals surface area contributed by atoms with Gasteiger partial charge in [-0.25, -0.2) is 0 Å². The smallest absolute Gasteiger partial charge is 0.164 e. The Balaban J connectivity index is 2.08. The van der Waals surface area contributed by atoms with Crippen LogP contribution in [0.1, 0.15) is 11.1 Å². The molecule has 112 valence electrons. The van der Waals surface area contributed by atoms with Crippen LogP contribution in [-0.2, 0) is 13.1 Å². The number of aromatic nitrogens is 1. The Morgan fingerprint density at radius 1 is 0.857 bits per heavy atom. The molecule has 1 aromatic heterocycles. The van der Waals surface area contributed by atoms with E-state index in [0.717, 1.165) is 17.9 Å². The Hall–Kier alpha value is -2.27. The van der Waals surface area contributed by atoms with Gasteiger partial charge < -0.3 is 19.5 Å². The van der Waals surface area contributed by atoms with Crippen LogP contribution in [0.5, 0.6) is 17.2 Å². The highest BCUT2D eigenvalue weighted by Crippen LogP contribution is 2.34. The lowest BCUT2D eigenvalue weighted by atomic mass is 10.1. The maximum absolute atomic E-state index is 5.40. The van der Waals surface area contributed by atoms with Crippen molar-refractivity contribution in [2.75, 3.05) is 21.3 Å². The fourth-order valence-electron chi connectivity index (χ4n) is 2.07. The summed E-state index contributed by atoms with van der Waals surface area (Å²) in [7, 11) is 4.88. The first-order valence-corrected chi connectivity index (χ1v) is 6.67. The van der Waals surface area contributed by atoms with Crippen molar-refractivity contribution in [1.29, 1.82) is 0 Å². The van der Waals surface area contributed by atoms with Gasteiger partial charge in [0.15, 0.2) is 11.5 Å². The fraction of sp³-hybridized carbons (Fsp3) is 0.312. The van der Waals surface area contributed by atoms with Crippen molar-refractivity contribution >= 4 is 0 Å². The summed E-state index contributed by atoms with van der Waals surface area (Å²) in [6, 6.07) is 7.73. The third-order valence-electron chi connectivity index (χ3n) is 3.18. The Morgan fingerprint density at radius 3 is 2.10 bits per heavy atom. The van der Waals surface area contributed by atoms with E-state index in [1.165, 1.54) is 5.56 Å². The van der Waals surface area contributed by atoms with Crippen LogP contribution in [0.2, 0.25) is 0 Å². The van der Waals surface area contributed by atoms with E-state index in [-0.39, 0.29) is 0 Å². The summed E-state index contributed by atoms with van der Waals surface area (Å²) < 4.78 is 16.0. The molecule has 5 heteroatoms. The Morgan fingerprint density at radius 2 is 1.48 bits per heavy atom. The molecule has 0 aliphatic carbocycles. The van der Waals surface area contributed by atoms with Crippen LogP contribution in [0, 0.1) is 0 Å². The molecule has 0 aliphatic rings. The first-order chi connectivity index (χ1) is 10.3. The van der Waals surface area contributed by atoms with Crippen LogP contribution >= 0.6 is 0 Å². The van der Waals surface area contributed by atoms with Gasteiger partial charge in [0.1, 0.15) is 5.75 Å². The van der Waals surface area contributed by atoms with Crippen molar-refractivity contribution in [3.63, 3.8) is 0 Å². The molecule has 21 heavy (non-hydrogen) atoms. The Bertz CT molecular complexity index is 573.